The second-order valence-electron chi connectivity index (χ2n) is 12.0. The van der Waals surface area contributed by atoms with E-state index in [0.717, 1.165) is 71.6 Å². The van der Waals surface area contributed by atoms with Crippen molar-refractivity contribution >= 4 is 29.2 Å². The average molecular weight is 564 g/mol. The largest absolute Gasteiger partial charge is 0.379 e. The van der Waals surface area contributed by atoms with Crippen LogP contribution in [0.15, 0.2) is 11.8 Å². The summed E-state index contributed by atoms with van der Waals surface area (Å²) in [5.74, 6) is -0.487. The van der Waals surface area contributed by atoms with Crippen LogP contribution < -0.4 is 5.32 Å². The minimum absolute atomic E-state index is 0.00606. The Kier molecular flexibility index (Phi) is 8.19. The van der Waals surface area contributed by atoms with Crippen molar-refractivity contribution in [2.24, 2.45) is 5.92 Å². The third-order valence-electron chi connectivity index (χ3n) is 9.81. The van der Waals surface area contributed by atoms with Gasteiger partial charge in [-0.3, -0.25) is 24.2 Å². The summed E-state index contributed by atoms with van der Waals surface area (Å²) in [5, 5.41) is 3.12. The van der Waals surface area contributed by atoms with E-state index in [1.807, 2.05) is 11.1 Å². The molecule has 0 spiro atoms. The zero-order valence-electron chi connectivity index (χ0n) is 22.9. The Morgan fingerprint density at radius 2 is 1.79 bits per heavy atom. The second-order valence-corrected chi connectivity index (χ2v) is 12.6. The van der Waals surface area contributed by atoms with Crippen molar-refractivity contribution in [3.05, 3.63) is 11.8 Å². The van der Waals surface area contributed by atoms with Crippen LogP contribution in [0.3, 0.4) is 0 Å². The van der Waals surface area contributed by atoms with Gasteiger partial charge in [0.2, 0.25) is 5.91 Å². The van der Waals surface area contributed by atoms with E-state index in [1.54, 1.807) is 6.92 Å². The summed E-state index contributed by atoms with van der Waals surface area (Å²) in [4.78, 5) is 48.1. The number of hydrogen-bond acceptors (Lipinski definition) is 8. The molecule has 39 heavy (non-hydrogen) atoms. The molecule has 6 aliphatic rings. The quantitative estimate of drug-likeness (QED) is 0.380. The van der Waals surface area contributed by atoms with Crippen LogP contribution >= 0.6 is 11.6 Å². The number of alkyl halides is 1. The highest BCUT2D eigenvalue weighted by Gasteiger charge is 2.56. The van der Waals surface area contributed by atoms with E-state index >= 15 is 0 Å². The standard InChI is InChI=1S/C28H42ClN5O5/c1-18(35)32-6-8-33(9-7-32)20-15-21-26-25(16-20)39-24-14-19(29)2-3-23(24)34(26)17-22(27(21)36)28(37)30-4-5-31-10-12-38-13-11-31/h17,19-21,23-26H,2-16H2,1H3,(H,30,37). The summed E-state index contributed by atoms with van der Waals surface area (Å²) in [7, 11) is 0. The second kappa shape index (κ2) is 11.6. The Morgan fingerprint density at radius 3 is 2.54 bits per heavy atom. The van der Waals surface area contributed by atoms with E-state index in [2.05, 4.69) is 20.0 Å². The van der Waals surface area contributed by atoms with Gasteiger partial charge in [0.1, 0.15) is 0 Å². The molecule has 7 unspecified atom stereocenters. The molecule has 7 atom stereocenters. The summed E-state index contributed by atoms with van der Waals surface area (Å²) in [6, 6.07) is 0.292. The first kappa shape index (κ1) is 27.4. The Bertz CT molecular complexity index is 981. The number of halogens is 1. The smallest absolute Gasteiger partial charge is 0.256 e. The summed E-state index contributed by atoms with van der Waals surface area (Å²) in [5.41, 5.74) is 0.285. The van der Waals surface area contributed by atoms with Gasteiger partial charge < -0.3 is 24.6 Å². The molecule has 4 aliphatic heterocycles. The lowest BCUT2D eigenvalue weighted by atomic mass is 9.70. The van der Waals surface area contributed by atoms with Crippen LogP contribution in [0.5, 0.6) is 0 Å². The minimum atomic E-state index is -0.278. The van der Waals surface area contributed by atoms with Crippen molar-refractivity contribution in [2.45, 2.75) is 74.7 Å². The predicted molar refractivity (Wildman–Crippen MR) is 145 cm³/mol. The van der Waals surface area contributed by atoms with Gasteiger partial charge in [-0.15, -0.1) is 11.6 Å². The molecule has 0 aromatic heterocycles. The van der Waals surface area contributed by atoms with Crippen LogP contribution in [0.2, 0.25) is 0 Å². The Hall–Kier alpha value is -1.72. The van der Waals surface area contributed by atoms with E-state index < -0.39 is 0 Å². The van der Waals surface area contributed by atoms with Crippen LogP contribution in [-0.4, -0.2) is 138 Å². The Balaban J connectivity index is 1.20. The molecular formula is C28H42ClN5O5. The predicted octanol–water partition coefficient (Wildman–Crippen LogP) is 0.442. The van der Waals surface area contributed by atoms with Crippen molar-refractivity contribution in [3.8, 4) is 0 Å². The molecule has 5 fully saturated rings. The van der Waals surface area contributed by atoms with Crippen molar-refractivity contribution in [2.75, 3.05) is 65.6 Å². The van der Waals surface area contributed by atoms with Crippen LogP contribution in [0.4, 0.5) is 0 Å². The van der Waals surface area contributed by atoms with Crippen molar-refractivity contribution in [1.82, 2.24) is 24.9 Å². The molecule has 216 valence electrons. The minimum Gasteiger partial charge on any atom is -0.379 e. The van der Waals surface area contributed by atoms with Crippen LogP contribution in [0, 0.1) is 5.92 Å². The van der Waals surface area contributed by atoms with Gasteiger partial charge in [0.25, 0.3) is 5.91 Å². The molecular weight excluding hydrogens is 522 g/mol. The molecule has 0 bridgehead atoms. The van der Waals surface area contributed by atoms with Crippen molar-refractivity contribution in [3.63, 3.8) is 0 Å². The maximum atomic E-state index is 13.9. The zero-order chi connectivity index (χ0) is 27.1. The van der Waals surface area contributed by atoms with Gasteiger partial charge in [-0.05, 0) is 32.1 Å². The Morgan fingerprint density at radius 1 is 1.03 bits per heavy atom. The highest BCUT2D eigenvalue weighted by atomic mass is 35.5. The number of fused-ring (bicyclic) bond motifs is 2. The summed E-state index contributed by atoms with van der Waals surface area (Å²) in [6.07, 6.45) is 5.98. The van der Waals surface area contributed by atoms with Crippen molar-refractivity contribution in [1.29, 1.82) is 0 Å². The van der Waals surface area contributed by atoms with E-state index in [4.69, 9.17) is 21.1 Å². The number of rotatable bonds is 5. The number of Topliss-reactive ketones (excluding diaryl/α,β-unsaturated/α-hetero) is 1. The number of piperazine rings is 1. The average Bonchev–Trinajstić information content (AvgIpc) is 2.94. The fourth-order valence-corrected chi connectivity index (χ4v) is 8.00. The molecule has 1 N–H and O–H groups in total. The number of ketones is 1. The van der Waals surface area contributed by atoms with Gasteiger partial charge in [0.15, 0.2) is 5.78 Å². The SMILES string of the molecule is CC(=O)N1CCN(C2CC3OC4CC(Cl)CCC4N4C=C(C(=O)NCCN5CCOCC5)C(=O)C(C2)C34)CC1. The van der Waals surface area contributed by atoms with Gasteiger partial charge in [-0.2, -0.15) is 0 Å². The zero-order valence-corrected chi connectivity index (χ0v) is 23.7. The topological polar surface area (TPSA) is 94.7 Å². The third-order valence-corrected chi connectivity index (χ3v) is 10.2. The molecule has 10 nitrogen and oxygen atoms in total. The number of ether oxygens (including phenoxy) is 2. The van der Waals surface area contributed by atoms with E-state index in [1.165, 1.54) is 0 Å². The number of hydrogen-bond donors (Lipinski definition) is 1. The van der Waals surface area contributed by atoms with E-state index in [9.17, 15) is 14.4 Å². The number of carbonyl (C=O) groups is 3. The lowest BCUT2D eigenvalue weighted by Gasteiger charge is -2.59. The molecule has 3 saturated heterocycles. The molecule has 4 heterocycles. The van der Waals surface area contributed by atoms with Gasteiger partial charge >= 0.3 is 0 Å². The fourth-order valence-electron chi connectivity index (χ4n) is 7.70. The highest BCUT2D eigenvalue weighted by molar-refractivity contribution is 6.21. The molecule has 2 amide bonds. The lowest BCUT2D eigenvalue weighted by molar-refractivity contribution is -0.188. The highest BCUT2D eigenvalue weighted by Crippen LogP contribution is 2.46. The summed E-state index contributed by atoms with van der Waals surface area (Å²) < 4.78 is 12.2. The maximum absolute atomic E-state index is 13.9. The van der Waals surface area contributed by atoms with Gasteiger partial charge in [0.05, 0.1) is 43.1 Å². The van der Waals surface area contributed by atoms with Crippen molar-refractivity contribution < 1.29 is 23.9 Å². The molecule has 11 heteroatoms. The lowest BCUT2D eigenvalue weighted by Crippen LogP contribution is -2.69. The molecule has 6 rings (SSSR count). The van der Waals surface area contributed by atoms with Crippen LogP contribution in [-0.2, 0) is 23.9 Å². The number of nitrogens with one attached hydrogen (secondary N) is 1. The molecule has 2 aliphatic carbocycles. The number of carbonyl (C=O) groups excluding carboxylic acids is 3. The molecule has 0 radical (unpaired) electrons. The van der Waals surface area contributed by atoms with Gasteiger partial charge in [-0.25, -0.2) is 0 Å². The van der Waals surface area contributed by atoms with Gasteiger partial charge in [0, 0.05) is 82.8 Å². The molecule has 0 aromatic carbocycles. The van der Waals surface area contributed by atoms with E-state index in [0.29, 0.717) is 26.1 Å². The number of nitrogens with zero attached hydrogens (tertiary/aromatic N) is 4. The molecule has 2 saturated carbocycles. The van der Waals surface area contributed by atoms with Crippen LogP contribution in [0.1, 0.15) is 39.0 Å². The molecule has 0 aromatic rings. The third kappa shape index (κ3) is 5.60. The first-order valence-corrected chi connectivity index (χ1v) is 15.2. The first-order valence-electron chi connectivity index (χ1n) is 14.8. The monoisotopic (exact) mass is 563 g/mol. The first-order chi connectivity index (χ1) is 18.9. The number of amides is 2. The summed E-state index contributed by atoms with van der Waals surface area (Å²) in [6.45, 7) is 9.06. The Labute approximate surface area is 235 Å². The van der Waals surface area contributed by atoms with Gasteiger partial charge in [-0.1, -0.05) is 0 Å². The normalized spacial score (nSPS) is 37.5. The fraction of sp³-hybridized carbons (Fsp3) is 0.821. The van der Waals surface area contributed by atoms with E-state index in [-0.39, 0.29) is 64.8 Å². The number of morpholine rings is 2. The maximum Gasteiger partial charge on any atom is 0.256 e. The van der Waals surface area contributed by atoms with Crippen LogP contribution in [0.25, 0.3) is 0 Å². The summed E-state index contributed by atoms with van der Waals surface area (Å²) >= 11 is 6.57.